The number of carbonyl (C=O) groups is 2. The van der Waals surface area contributed by atoms with Crippen molar-refractivity contribution < 1.29 is 18.0 Å². The number of rotatable bonds is 7. The maximum Gasteiger partial charge on any atom is 0.260 e. The van der Waals surface area contributed by atoms with Gasteiger partial charge in [-0.3, -0.25) is 13.9 Å². The first-order valence-electron chi connectivity index (χ1n) is 8.82. The predicted molar refractivity (Wildman–Crippen MR) is 114 cm³/mol. The summed E-state index contributed by atoms with van der Waals surface area (Å²) < 4.78 is 25.4. The van der Waals surface area contributed by atoms with Crippen molar-refractivity contribution in [1.82, 2.24) is 5.43 Å². The lowest BCUT2D eigenvalue weighted by Crippen LogP contribution is -2.39. The van der Waals surface area contributed by atoms with Crippen molar-refractivity contribution in [2.75, 3.05) is 22.4 Å². The topological polar surface area (TPSA) is 108 Å². The summed E-state index contributed by atoms with van der Waals surface area (Å²) in [6, 6.07) is 13.9. The first kappa shape index (κ1) is 22.1. The van der Waals surface area contributed by atoms with E-state index in [4.69, 9.17) is 0 Å². The monoisotopic (exact) mass is 416 g/mol. The molecule has 2 aromatic carbocycles. The number of benzene rings is 2. The van der Waals surface area contributed by atoms with Crippen molar-refractivity contribution in [1.29, 1.82) is 0 Å². The summed E-state index contributed by atoms with van der Waals surface area (Å²) in [5.41, 5.74) is 5.38. The van der Waals surface area contributed by atoms with Crippen LogP contribution < -0.4 is 15.0 Å². The van der Waals surface area contributed by atoms with Crippen LogP contribution in [0.4, 0.5) is 11.4 Å². The Labute approximate surface area is 170 Å². The van der Waals surface area contributed by atoms with E-state index in [1.165, 1.54) is 6.92 Å². The molecule has 0 aromatic heterocycles. The third-order valence-corrected chi connectivity index (χ3v) is 5.15. The van der Waals surface area contributed by atoms with Crippen molar-refractivity contribution in [2.45, 2.75) is 20.8 Å². The quantitative estimate of drug-likeness (QED) is 0.533. The number of carbonyl (C=O) groups excluding carboxylic acids is 2. The third kappa shape index (κ3) is 6.42. The molecule has 0 unspecified atom stereocenters. The van der Waals surface area contributed by atoms with Crippen LogP contribution in [0.15, 0.2) is 53.6 Å². The molecule has 9 heteroatoms. The Bertz CT molecular complexity index is 1050. The normalized spacial score (nSPS) is 11.7. The minimum atomic E-state index is -3.66. The average molecular weight is 417 g/mol. The Hall–Kier alpha value is -3.20. The van der Waals surface area contributed by atoms with E-state index in [-0.39, 0.29) is 5.91 Å². The highest BCUT2D eigenvalue weighted by Gasteiger charge is 2.22. The van der Waals surface area contributed by atoms with Crippen molar-refractivity contribution in [3.8, 4) is 0 Å². The van der Waals surface area contributed by atoms with Crippen molar-refractivity contribution >= 4 is 38.9 Å². The van der Waals surface area contributed by atoms with Gasteiger partial charge in [0.15, 0.2) is 0 Å². The zero-order chi connectivity index (χ0) is 21.6. The second-order valence-electron chi connectivity index (χ2n) is 6.55. The standard InChI is InChI=1S/C20H24N4O4S/c1-14-8-5-6-11-19(14)24(29(4,27)28)13-20(26)23-22-15(2)17-9-7-10-18(12-17)21-16(3)25/h5-12H,13H2,1-4H3,(H,21,25)(H,23,26)/b22-15-. The predicted octanol–water partition coefficient (Wildman–Crippen LogP) is 2.26. The summed E-state index contributed by atoms with van der Waals surface area (Å²) in [6.07, 6.45) is 1.05. The van der Waals surface area contributed by atoms with Crippen LogP contribution in [0.1, 0.15) is 25.0 Å². The van der Waals surface area contributed by atoms with Gasteiger partial charge in [0.05, 0.1) is 17.7 Å². The summed E-state index contributed by atoms with van der Waals surface area (Å²) >= 11 is 0. The van der Waals surface area contributed by atoms with Gasteiger partial charge < -0.3 is 5.32 Å². The lowest BCUT2D eigenvalue weighted by molar-refractivity contribution is -0.119. The fourth-order valence-corrected chi connectivity index (χ4v) is 3.54. The van der Waals surface area contributed by atoms with Crippen LogP contribution >= 0.6 is 0 Å². The van der Waals surface area contributed by atoms with E-state index in [1.54, 1.807) is 62.4 Å². The van der Waals surface area contributed by atoms with Gasteiger partial charge in [0.1, 0.15) is 6.54 Å². The van der Waals surface area contributed by atoms with Crippen LogP contribution in [0.5, 0.6) is 0 Å². The molecule has 0 aliphatic heterocycles. The van der Waals surface area contributed by atoms with Gasteiger partial charge >= 0.3 is 0 Å². The molecule has 0 aliphatic carbocycles. The Balaban J connectivity index is 2.14. The molecule has 0 radical (unpaired) electrons. The van der Waals surface area contributed by atoms with Gasteiger partial charge in [-0.1, -0.05) is 30.3 Å². The number of anilines is 2. The van der Waals surface area contributed by atoms with Crippen molar-refractivity contribution in [3.63, 3.8) is 0 Å². The van der Waals surface area contributed by atoms with E-state index in [0.29, 0.717) is 22.6 Å². The molecular weight excluding hydrogens is 392 g/mol. The number of hydrogen-bond donors (Lipinski definition) is 2. The van der Waals surface area contributed by atoms with Crippen molar-refractivity contribution in [2.24, 2.45) is 5.10 Å². The maximum absolute atomic E-state index is 12.4. The fraction of sp³-hybridized carbons (Fsp3) is 0.250. The molecule has 0 heterocycles. The summed E-state index contributed by atoms with van der Waals surface area (Å²) in [6.45, 7) is 4.49. The van der Waals surface area contributed by atoms with E-state index >= 15 is 0 Å². The van der Waals surface area contributed by atoms with Gasteiger partial charge in [-0.2, -0.15) is 5.10 Å². The van der Waals surface area contributed by atoms with E-state index in [1.807, 2.05) is 0 Å². The summed E-state index contributed by atoms with van der Waals surface area (Å²) in [5, 5.41) is 6.73. The second-order valence-corrected chi connectivity index (χ2v) is 8.46. The van der Waals surface area contributed by atoms with Crippen LogP contribution in [0.25, 0.3) is 0 Å². The third-order valence-electron chi connectivity index (χ3n) is 4.02. The van der Waals surface area contributed by atoms with Gasteiger partial charge in [0.2, 0.25) is 15.9 Å². The molecule has 0 atom stereocenters. The molecule has 0 bridgehead atoms. The zero-order valence-electron chi connectivity index (χ0n) is 16.8. The van der Waals surface area contributed by atoms with Gasteiger partial charge in [-0.15, -0.1) is 0 Å². The van der Waals surface area contributed by atoms with E-state index in [2.05, 4.69) is 15.8 Å². The number of hydrazone groups is 1. The molecule has 0 aliphatic rings. The van der Waals surface area contributed by atoms with Crippen LogP contribution in [-0.4, -0.2) is 38.7 Å². The van der Waals surface area contributed by atoms with Crippen LogP contribution in [0, 0.1) is 6.92 Å². The largest absolute Gasteiger partial charge is 0.326 e. The number of aryl methyl sites for hydroxylation is 1. The average Bonchev–Trinajstić information content (AvgIpc) is 2.63. The molecule has 0 spiro atoms. The first-order chi connectivity index (χ1) is 13.6. The smallest absolute Gasteiger partial charge is 0.260 e. The van der Waals surface area contributed by atoms with Crippen molar-refractivity contribution in [3.05, 3.63) is 59.7 Å². The number of hydrogen-bond acceptors (Lipinski definition) is 5. The number of sulfonamides is 1. The highest BCUT2D eigenvalue weighted by Crippen LogP contribution is 2.21. The van der Waals surface area contributed by atoms with Gasteiger partial charge in [0, 0.05) is 12.6 Å². The van der Waals surface area contributed by atoms with Gasteiger partial charge in [-0.25, -0.2) is 13.8 Å². The number of amides is 2. The first-order valence-corrected chi connectivity index (χ1v) is 10.7. The van der Waals surface area contributed by atoms with Gasteiger partial charge in [0.25, 0.3) is 5.91 Å². The molecule has 154 valence electrons. The Morgan fingerprint density at radius 1 is 1.07 bits per heavy atom. The SMILES string of the molecule is CC(=O)Nc1cccc(/C(C)=N\NC(=O)CN(c2ccccc2C)S(C)(=O)=O)c1. The number of nitrogens with one attached hydrogen (secondary N) is 2. The molecule has 2 aromatic rings. The summed E-state index contributed by atoms with van der Waals surface area (Å²) in [4.78, 5) is 23.5. The summed E-state index contributed by atoms with van der Waals surface area (Å²) in [5.74, 6) is -0.766. The number of nitrogens with zero attached hydrogens (tertiary/aromatic N) is 2. The second kappa shape index (κ2) is 9.33. The molecule has 0 saturated carbocycles. The molecule has 2 rings (SSSR count). The fourth-order valence-electron chi connectivity index (χ4n) is 2.63. The highest BCUT2D eigenvalue weighted by atomic mass is 32.2. The molecule has 29 heavy (non-hydrogen) atoms. The molecule has 2 amide bonds. The molecular formula is C20H24N4O4S. The lowest BCUT2D eigenvalue weighted by atomic mass is 10.1. The Kier molecular flexibility index (Phi) is 7.11. The molecule has 0 fully saturated rings. The Morgan fingerprint density at radius 3 is 2.38 bits per heavy atom. The maximum atomic E-state index is 12.4. The summed E-state index contributed by atoms with van der Waals surface area (Å²) in [7, 11) is -3.66. The molecule has 2 N–H and O–H groups in total. The highest BCUT2D eigenvalue weighted by molar-refractivity contribution is 7.92. The molecule has 0 saturated heterocycles. The Morgan fingerprint density at radius 2 is 1.76 bits per heavy atom. The molecule has 8 nitrogen and oxygen atoms in total. The van der Waals surface area contributed by atoms with Gasteiger partial charge in [-0.05, 0) is 43.2 Å². The van der Waals surface area contributed by atoms with E-state index < -0.39 is 22.5 Å². The van der Waals surface area contributed by atoms with Crippen LogP contribution in [0.3, 0.4) is 0 Å². The number of para-hydroxylation sites is 1. The minimum absolute atomic E-state index is 0.192. The van der Waals surface area contributed by atoms with E-state index in [9.17, 15) is 18.0 Å². The van der Waals surface area contributed by atoms with E-state index in [0.717, 1.165) is 16.1 Å². The van der Waals surface area contributed by atoms with Crippen LogP contribution in [0.2, 0.25) is 0 Å². The minimum Gasteiger partial charge on any atom is -0.326 e. The van der Waals surface area contributed by atoms with Crippen LogP contribution in [-0.2, 0) is 19.6 Å². The lowest BCUT2D eigenvalue weighted by Gasteiger charge is -2.23. The zero-order valence-corrected chi connectivity index (χ0v) is 17.6.